The maximum Gasteiger partial charge on any atom is 0.245 e. The maximum absolute atomic E-state index is 4.73. The highest BCUT2D eigenvalue weighted by atomic mass is 15.3. The predicted molar refractivity (Wildman–Crippen MR) is 114 cm³/mol. The topological polar surface area (TPSA) is 48.7 Å². The van der Waals surface area contributed by atoms with E-state index in [1.54, 1.807) is 0 Å². The summed E-state index contributed by atoms with van der Waals surface area (Å²) in [7, 11) is 2.18. The van der Waals surface area contributed by atoms with Gasteiger partial charge in [0, 0.05) is 37.6 Å². The molecule has 0 amide bonds. The molecule has 1 N–H and O–H groups in total. The van der Waals surface area contributed by atoms with Crippen LogP contribution in [-0.4, -0.2) is 52.7 Å². The van der Waals surface area contributed by atoms with E-state index in [1.165, 1.54) is 29.8 Å². The van der Waals surface area contributed by atoms with E-state index in [2.05, 4.69) is 69.6 Å². The number of anilines is 3. The number of nitrogens with one attached hydrogen (secondary N) is 1. The van der Waals surface area contributed by atoms with Crippen LogP contribution in [0, 0.1) is 0 Å². The molecule has 1 saturated heterocycles. The Balaban J connectivity index is 1.34. The quantitative estimate of drug-likeness (QED) is 0.753. The zero-order valence-electron chi connectivity index (χ0n) is 16.3. The fraction of sp³-hybridized carbons (Fsp3) is 0.364. The minimum atomic E-state index is 0.621. The number of fused-ring (bicyclic) bond motifs is 1. The second-order valence-electron chi connectivity index (χ2n) is 7.72. The van der Waals surface area contributed by atoms with Crippen LogP contribution in [0.3, 0.4) is 0 Å². The lowest BCUT2D eigenvalue weighted by atomic mass is 10.2. The molecule has 0 radical (unpaired) electrons. The van der Waals surface area contributed by atoms with Gasteiger partial charge in [-0.2, -0.15) is 0 Å². The van der Waals surface area contributed by atoms with Gasteiger partial charge in [0.05, 0.1) is 17.4 Å². The first kappa shape index (κ1) is 17.3. The van der Waals surface area contributed by atoms with Crippen molar-refractivity contribution in [2.24, 2.45) is 0 Å². The number of hydrogen-bond donors (Lipinski definition) is 1. The van der Waals surface area contributed by atoms with Gasteiger partial charge in [0.2, 0.25) is 5.95 Å². The summed E-state index contributed by atoms with van der Waals surface area (Å²) in [6, 6.07) is 12.8. The van der Waals surface area contributed by atoms with Gasteiger partial charge in [0.15, 0.2) is 0 Å². The molecule has 5 rings (SSSR count). The summed E-state index contributed by atoms with van der Waals surface area (Å²) in [5.41, 5.74) is 5.88. The second-order valence-corrected chi connectivity index (χ2v) is 7.72. The van der Waals surface area contributed by atoms with Crippen molar-refractivity contribution in [3.8, 4) is 0 Å². The number of piperazine rings is 1. The van der Waals surface area contributed by atoms with Crippen LogP contribution >= 0.6 is 0 Å². The summed E-state index contributed by atoms with van der Waals surface area (Å²) in [5.74, 6) is 0.621. The van der Waals surface area contributed by atoms with E-state index in [1.807, 2.05) is 10.7 Å². The first-order valence-corrected chi connectivity index (χ1v) is 10.1. The molecule has 0 spiro atoms. The number of hydrogen-bond acceptors (Lipinski definition) is 5. The maximum atomic E-state index is 4.73. The molecule has 1 aliphatic carbocycles. The summed E-state index contributed by atoms with van der Waals surface area (Å²) in [6.45, 7) is 4.39. The third kappa shape index (κ3) is 3.36. The van der Waals surface area contributed by atoms with Crippen LogP contribution in [0.4, 0.5) is 17.3 Å². The van der Waals surface area contributed by atoms with Crippen LogP contribution in [0.25, 0.3) is 11.1 Å². The highest BCUT2D eigenvalue weighted by Crippen LogP contribution is 2.29. The Morgan fingerprint density at radius 1 is 0.964 bits per heavy atom. The van der Waals surface area contributed by atoms with Crippen molar-refractivity contribution >= 4 is 28.4 Å². The molecule has 0 saturated carbocycles. The SMILES string of the molecule is CN1CCN(c2ccc(Nc3ncc4ccc(C5=CCCC5)n4n3)cc2)CC1. The van der Waals surface area contributed by atoms with Crippen molar-refractivity contribution in [3.63, 3.8) is 0 Å². The Bertz CT molecular complexity index is 996. The van der Waals surface area contributed by atoms with Gasteiger partial charge in [-0.1, -0.05) is 6.08 Å². The number of benzene rings is 1. The Kier molecular flexibility index (Phi) is 4.49. The van der Waals surface area contributed by atoms with Crippen molar-refractivity contribution in [3.05, 3.63) is 54.4 Å². The minimum absolute atomic E-state index is 0.621. The summed E-state index contributed by atoms with van der Waals surface area (Å²) >= 11 is 0. The summed E-state index contributed by atoms with van der Waals surface area (Å²) in [4.78, 5) is 9.29. The molecule has 3 heterocycles. The monoisotopic (exact) mass is 374 g/mol. The van der Waals surface area contributed by atoms with E-state index < -0.39 is 0 Å². The molecule has 2 aliphatic rings. The van der Waals surface area contributed by atoms with Crippen LogP contribution < -0.4 is 10.2 Å². The van der Waals surface area contributed by atoms with Crippen molar-refractivity contribution in [2.75, 3.05) is 43.4 Å². The van der Waals surface area contributed by atoms with Gasteiger partial charge in [0.1, 0.15) is 0 Å². The molecule has 0 bridgehead atoms. The van der Waals surface area contributed by atoms with Crippen molar-refractivity contribution in [1.29, 1.82) is 0 Å². The molecule has 0 atom stereocenters. The lowest BCUT2D eigenvalue weighted by Gasteiger charge is -2.34. The molecular formula is C22H26N6. The average molecular weight is 374 g/mol. The fourth-order valence-electron chi connectivity index (χ4n) is 4.05. The molecule has 3 aromatic rings. The zero-order chi connectivity index (χ0) is 18.9. The number of nitrogens with zero attached hydrogens (tertiary/aromatic N) is 5. The van der Waals surface area contributed by atoms with Gasteiger partial charge >= 0.3 is 0 Å². The lowest BCUT2D eigenvalue weighted by molar-refractivity contribution is 0.313. The molecule has 1 aromatic carbocycles. The summed E-state index contributed by atoms with van der Waals surface area (Å²) < 4.78 is 2.01. The molecule has 1 fully saturated rings. The molecule has 1 aliphatic heterocycles. The lowest BCUT2D eigenvalue weighted by Crippen LogP contribution is -2.44. The normalized spacial score (nSPS) is 17.9. The Morgan fingerprint density at radius 2 is 1.79 bits per heavy atom. The van der Waals surface area contributed by atoms with Crippen molar-refractivity contribution < 1.29 is 0 Å². The van der Waals surface area contributed by atoms with E-state index in [0.717, 1.165) is 43.8 Å². The van der Waals surface area contributed by atoms with Crippen molar-refractivity contribution in [2.45, 2.75) is 19.3 Å². The largest absolute Gasteiger partial charge is 0.369 e. The molecule has 6 heteroatoms. The van der Waals surface area contributed by atoms with E-state index in [0.29, 0.717) is 5.95 Å². The number of aromatic nitrogens is 3. The summed E-state index contributed by atoms with van der Waals surface area (Å²) in [6.07, 6.45) is 7.74. The molecule has 2 aromatic heterocycles. The smallest absolute Gasteiger partial charge is 0.245 e. The van der Waals surface area contributed by atoms with Crippen LogP contribution in [0.5, 0.6) is 0 Å². The van der Waals surface area contributed by atoms with Crippen LogP contribution in [0.1, 0.15) is 25.0 Å². The van der Waals surface area contributed by atoms with E-state index in [4.69, 9.17) is 5.10 Å². The number of likely N-dealkylation sites (N-methyl/N-ethyl adjacent to an activating group) is 1. The van der Waals surface area contributed by atoms with Crippen molar-refractivity contribution in [1.82, 2.24) is 19.5 Å². The Labute approximate surface area is 165 Å². The van der Waals surface area contributed by atoms with Gasteiger partial charge in [-0.25, -0.2) is 9.50 Å². The molecule has 28 heavy (non-hydrogen) atoms. The average Bonchev–Trinajstić information content (AvgIpc) is 3.38. The molecular weight excluding hydrogens is 348 g/mol. The van der Waals surface area contributed by atoms with Crippen LogP contribution in [0.2, 0.25) is 0 Å². The van der Waals surface area contributed by atoms with Gasteiger partial charge in [0.25, 0.3) is 0 Å². The third-order valence-electron chi connectivity index (χ3n) is 5.76. The van der Waals surface area contributed by atoms with Gasteiger partial charge in [-0.15, -0.1) is 5.10 Å². The standard InChI is InChI=1S/C22H26N6/c1-26-12-14-27(15-13-26)19-8-6-18(7-9-19)24-22-23-16-20-10-11-21(28(20)25-22)17-4-2-3-5-17/h4,6-11,16H,2-3,5,12-15H2,1H3,(H,24,25). The Hall–Kier alpha value is -2.86. The van der Waals surface area contributed by atoms with E-state index in [9.17, 15) is 0 Å². The first-order valence-electron chi connectivity index (χ1n) is 10.1. The zero-order valence-corrected chi connectivity index (χ0v) is 16.3. The van der Waals surface area contributed by atoms with Gasteiger partial charge < -0.3 is 15.1 Å². The second kappa shape index (κ2) is 7.28. The third-order valence-corrected chi connectivity index (χ3v) is 5.76. The predicted octanol–water partition coefficient (Wildman–Crippen LogP) is 3.79. The first-order chi connectivity index (χ1) is 13.8. The molecule has 144 valence electrons. The van der Waals surface area contributed by atoms with Crippen LogP contribution in [-0.2, 0) is 0 Å². The minimum Gasteiger partial charge on any atom is -0.369 e. The number of allylic oxidation sites excluding steroid dienone is 2. The Morgan fingerprint density at radius 3 is 2.54 bits per heavy atom. The summed E-state index contributed by atoms with van der Waals surface area (Å²) in [5, 5.41) is 8.08. The number of rotatable bonds is 4. The van der Waals surface area contributed by atoms with Crippen LogP contribution in [0.15, 0.2) is 48.7 Å². The van der Waals surface area contributed by atoms with E-state index >= 15 is 0 Å². The van der Waals surface area contributed by atoms with E-state index in [-0.39, 0.29) is 0 Å². The van der Waals surface area contributed by atoms with Gasteiger partial charge in [-0.3, -0.25) is 0 Å². The molecule has 6 nitrogen and oxygen atoms in total. The van der Waals surface area contributed by atoms with Gasteiger partial charge in [-0.05, 0) is 68.3 Å². The highest BCUT2D eigenvalue weighted by molar-refractivity contribution is 5.69. The molecule has 0 unspecified atom stereocenters. The fourth-order valence-corrected chi connectivity index (χ4v) is 4.05. The highest BCUT2D eigenvalue weighted by Gasteiger charge is 2.15.